The van der Waals surface area contributed by atoms with E-state index in [1.165, 1.54) is 42.0 Å². The molecule has 6 nitrogen and oxygen atoms in total. The number of ether oxygens (including phenoxy) is 2. The zero-order valence-corrected chi connectivity index (χ0v) is 16.1. The van der Waals surface area contributed by atoms with Gasteiger partial charge in [0.1, 0.15) is 18.1 Å². The average molecular weight is 424 g/mol. The van der Waals surface area contributed by atoms with E-state index in [-0.39, 0.29) is 40.0 Å². The molecule has 0 saturated heterocycles. The number of nitrogens with zero attached hydrogens (tertiary/aromatic N) is 2. The SMILES string of the molecule is COc1ccc(-c2c(C(F)(F)F)nc3n2-c2ccc(S(C)(=O)=O)cc2OC3)cc1. The van der Waals surface area contributed by atoms with Crippen molar-refractivity contribution >= 4 is 9.84 Å². The predicted octanol–water partition coefficient (Wildman–Crippen LogP) is 3.86. The van der Waals surface area contributed by atoms with Crippen LogP contribution in [0.5, 0.6) is 11.5 Å². The highest BCUT2D eigenvalue weighted by Gasteiger charge is 2.41. The van der Waals surface area contributed by atoms with E-state index in [0.29, 0.717) is 5.75 Å². The van der Waals surface area contributed by atoms with Crippen LogP contribution in [0.1, 0.15) is 11.5 Å². The van der Waals surface area contributed by atoms with E-state index < -0.39 is 21.7 Å². The monoisotopic (exact) mass is 424 g/mol. The highest BCUT2D eigenvalue weighted by molar-refractivity contribution is 7.90. The first-order valence-corrected chi connectivity index (χ1v) is 10.3. The number of hydrogen-bond donors (Lipinski definition) is 0. The molecule has 10 heteroatoms. The van der Waals surface area contributed by atoms with Gasteiger partial charge in [-0.05, 0) is 36.4 Å². The van der Waals surface area contributed by atoms with E-state index in [0.717, 1.165) is 6.26 Å². The maximum absolute atomic E-state index is 13.7. The number of hydrogen-bond acceptors (Lipinski definition) is 5. The van der Waals surface area contributed by atoms with Crippen molar-refractivity contribution in [3.8, 4) is 28.4 Å². The van der Waals surface area contributed by atoms with Crippen LogP contribution in [0.4, 0.5) is 13.2 Å². The molecule has 0 saturated carbocycles. The summed E-state index contributed by atoms with van der Waals surface area (Å²) in [5.41, 5.74) is -0.613. The number of sulfone groups is 1. The van der Waals surface area contributed by atoms with Crippen LogP contribution in [0.3, 0.4) is 0 Å². The molecule has 3 aromatic rings. The Morgan fingerprint density at radius 3 is 2.41 bits per heavy atom. The molecule has 152 valence electrons. The summed E-state index contributed by atoms with van der Waals surface area (Å²) >= 11 is 0. The number of halogens is 3. The second-order valence-corrected chi connectivity index (χ2v) is 8.49. The largest absolute Gasteiger partial charge is 0.497 e. The third kappa shape index (κ3) is 3.33. The molecule has 0 spiro atoms. The molecule has 0 bridgehead atoms. The molecule has 1 aliphatic heterocycles. The molecular weight excluding hydrogens is 409 g/mol. The van der Waals surface area contributed by atoms with Crippen LogP contribution in [0.15, 0.2) is 47.4 Å². The molecular formula is C19H15F3N2O4S. The van der Waals surface area contributed by atoms with Crippen LogP contribution in [0, 0.1) is 0 Å². The Bertz CT molecular complexity index is 1200. The third-order valence-electron chi connectivity index (χ3n) is 4.54. The minimum Gasteiger partial charge on any atom is -0.497 e. The molecule has 0 fully saturated rings. The number of aromatic nitrogens is 2. The van der Waals surface area contributed by atoms with E-state index in [1.807, 2.05) is 0 Å². The van der Waals surface area contributed by atoms with E-state index >= 15 is 0 Å². The third-order valence-corrected chi connectivity index (χ3v) is 5.65. The average Bonchev–Trinajstić information content (AvgIpc) is 3.07. The van der Waals surface area contributed by atoms with Crippen molar-refractivity contribution in [2.24, 2.45) is 0 Å². The lowest BCUT2D eigenvalue weighted by molar-refractivity contribution is -0.140. The fourth-order valence-electron chi connectivity index (χ4n) is 3.20. The summed E-state index contributed by atoms with van der Waals surface area (Å²) in [5, 5.41) is 0. The van der Waals surface area contributed by atoms with Gasteiger partial charge in [-0.15, -0.1) is 0 Å². The van der Waals surface area contributed by atoms with Gasteiger partial charge in [0.15, 0.2) is 21.4 Å². The number of imidazole rings is 1. The van der Waals surface area contributed by atoms with Gasteiger partial charge in [-0.3, -0.25) is 4.57 Å². The van der Waals surface area contributed by atoms with Gasteiger partial charge in [-0.25, -0.2) is 13.4 Å². The molecule has 0 unspecified atom stereocenters. The fraction of sp³-hybridized carbons (Fsp3) is 0.211. The van der Waals surface area contributed by atoms with Gasteiger partial charge < -0.3 is 9.47 Å². The van der Waals surface area contributed by atoms with Gasteiger partial charge in [0.2, 0.25) is 0 Å². The van der Waals surface area contributed by atoms with Crippen molar-refractivity contribution in [2.45, 2.75) is 17.7 Å². The van der Waals surface area contributed by atoms with Crippen molar-refractivity contribution in [3.05, 3.63) is 54.0 Å². The van der Waals surface area contributed by atoms with Crippen LogP contribution >= 0.6 is 0 Å². The van der Waals surface area contributed by atoms with E-state index in [4.69, 9.17) is 9.47 Å². The summed E-state index contributed by atoms with van der Waals surface area (Å²) in [7, 11) is -2.04. The Kier molecular flexibility index (Phi) is 4.34. The van der Waals surface area contributed by atoms with Crippen molar-refractivity contribution in [2.75, 3.05) is 13.4 Å². The summed E-state index contributed by atoms with van der Waals surface area (Å²) in [6.07, 6.45) is -3.64. The minimum absolute atomic E-state index is 0.0156. The maximum Gasteiger partial charge on any atom is 0.435 e. The Hall–Kier alpha value is -3.01. The van der Waals surface area contributed by atoms with Gasteiger partial charge in [-0.1, -0.05) is 0 Å². The van der Waals surface area contributed by atoms with E-state index in [9.17, 15) is 21.6 Å². The van der Waals surface area contributed by atoms with Gasteiger partial charge in [0, 0.05) is 17.9 Å². The van der Waals surface area contributed by atoms with Gasteiger partial charge >= 0.3 is 6.18 Å². The Morgan fingerprint density at radius 2 is 1.83 bits per heavy atom. The van der Waals surface area contributed by atoms with Crippen LogP contribution in [-0.2, 0) is 22.6 Å². The maximum atomic E-state index is 13.7. The molecule has 0 amide bonds. The number of methoxy groups -OCH3 is 1. The number of benzene rings is 2. The molecule has 29 heavy (non-hydrogen) atoms. The minimum atomic E-state index is -4.69. The predicted molar refractivity (Wildman–Crippen MR) is 98.0 cm³/mol. The lowest BCUT2D eigenvalue weighted by Gasteiger charge is -2.22. The second-order valence-electron chi connectivity index (χ2n) is 6.48. The normalized spacial score (nSPS) is 13.4. The lowest BCUT2D eigenvalue weighted by Crippen LogP contribution is -2.14. The number of rotatable bonds is 3. The fourth-order valence-corrected chi connectivity index (χ4v) is 3.84. The zero-order valence-electron chi connectivity index (χ0n) is 15.3. The lowest BCUT2D eigenvalue weighted by atomic mass is 10.1. The molecule has 1 aliphatic rings. The standard InChI is InChI=1S/C19H15F3N2O4S/c1-27-12-5-3-11(4-6-12)17-18(19(20,21)22)23-16-10-28-15-9-13(29(2,25)26)7-8-14(15)24(16)17/h3-9H,10H2,1-2H3. The summed E-state index contributed by atoms with van der Waals surface area (Å²) in [6.45, 7) is -0.223. The highest BCUT2D eigenvalue weighted by Crippen LogP contribution is 2.43. The molecule has 2 aromatic carbocycles. The Labute approximate surface area is 164 Å². The van der Waals surface area contributed by atoms with E-state index in [2.05, 4.69) is 4.98 Å². The van der Waals surface area contributed by atoms with Gasteiger partial charge in [0.05, 0.1) is 23.4 Å². The Morgan fingerprint density at radius 1 is 1.14 bits per heavy atom. The highest BCUT2D eigenvalue weighted by atomic mass is 32.2. The first kappa shape index (κ1) is 19.3. The second kappa shape index (κ2) is 6.51. The van der Waals surface area contributed by atoms with Crippen LogP contribution in [0.25, 0.3) is 16.9 Å². The van der Waals surface area contributed by atoms with Crippen LogP contribution in [-0.4, -0.2) is 31.3 Å². The van der Waals surface area contributed by atoms with Crippen LogP contribution in [0.2, 0.25) is 0 Å². The zero-order chi connectivity index (χ0) is 21.0. The van der Waals surface area contributed by atoms with Crippen molar-refractivity contribution in [3.63, 3.8) is 0 Å². The number of fused-ring (bicyclic) bond motifs is 3. The molecule has 0 radical (unpaired) electrons. The molecule has 0 atom stereocenters. The van der Waals surface area contributed by atoms with Crippen molar-refractivity contribution in [1.29, 1.82) is 0 Å². The summed E-state index contributed by atoms with van der Waals surface area (Å²) in [4.78, 5) is 3.79. The quantitative estimate of drug-likeness (QED) is 0.639. The molecule has 4 rings (SSSR count). The van der Waals surface area contributed by atoms with Crippen molar-refractivity contribution < 1.29 is 31.1 Å². The summed E-state index contributed by atoms with van der Waals surface area (Å²) < 4.78 is 76.8. The topological polar surface area (TPSA) is 70.4 Å². The summed E-state index contributed by atoms with van der Waals surface area (Å²) in [6, 6.07) is 10.2. The molecule has 1 aromatic heterocycles. The van der Waals surface area contributed by atoms with Crippen LogP contribution < -0.4 is 9.47 Å². The van der Waals surface area contributed by atoms with Gasteiger partial charge in [-0.2, -0.15) is 13.2 Å². The van der Waals surface area contributed by atoms with Crippen molar-refractivity contribution in [1.82, 2.24) is 9.55 Å². The first-order chi connectivity index (χ1) is 13.6. The molecule has 0 aliphatic carbocycles. The Balaban J connectivity index is 1.98. The van der Waals surface area contributed by atoms with Gasteiger partial charge in [0.25, 0.3) is 0 Å². The smallest absolute Gasteiger partial charge is 0.435 e. The molecule has 0 N–H and O–H groups in total. The van der Waals surface area contributed by atoms with E-state index in [1.54, 1.807) is 12.1 Å². The molecule has 2 heterocycles. The number of alkyl halides is 3. The summed E-state index contributed by atoms with van der Waals surface area (Å²) in [5.74, 6) is 0.742. The first-order valence-electron chi connectivity index (χ1n) is 8.40.